The van der Waals surface area contributed by atoms with E-state index in [9.17, 15) is 4.79 Å². The highest BCUT2D eigenvalue weighted by molar-refractivity contribution is 5.65. The minimum Gasteiger partial charge on any atom is -0.411 e. The summed E-state index contributed by atoms with van der Waals surface area (Å²) in [5.41, 5.74) is 0. The zero-order valence-corrected chi connectivity index (χ0v) is 3.87. The normalized spacial score (nSPS) is 8.50. The average Bonchev–Trinajstić information content (AvgIpc) is 2.19. The largest absolute Gasteiger partial charge is 0.411 e. The van der Waals surface area contributed by atoms with Crippen LogP contribution in [0, 0.1) is 0 Å². The molecule has 0 saturated heterocycles. The van der Waals surface area contributed by atoms with Crippen molar-refractivity contribution in [3.63, 3.8) is 0 Å². The van der Waals surface area contributed by atoms with Crippen LogP contribution in [0.1, 0.15) is 0 Å². The fourth-order valence-electron chi connectivity index (χ4n) is 0.286. The summed E-state index contributed by atoms with van der Waals surface area (Å²) in [6.07, 6.45) is 1.60. The van der Waals surface area contributed by atoms with Crippen LogP contribution < -0.4 is 5.32 Å². The van der Waals surface area contributed by atoms with Gasteiger partial charge < -0.3 is 4.42 Å². The van der Waals surface area contributed by atoms with E-state index in [0.29, 0.717) is 6.41 Å². The van der Waals surface area contributed by atoms with Crippen molar-refractivity contribution < 1.29 is 9.21 Å². The van der Waals surface area contributed by atoms with Crippen molar-refractivity contribution in [2.45, 2.75) is 0 Å². The summed E-state index contributed by atoms with van der Waals surface area (Å²) in [5.74, 6) is 0. The Kier molecular flexibility index (Phi) is 1.23. The summed E-state index contributed by atoms with van der Waals surface area (Å²) >= 11 is 0. The lowest BCUT2D eigenvalue weighted by atomic mass is 11.1. The second-order valence-corrected chi connectivity index (χ2v) is 1.01. The highest BCUT2D eigenvalue weighted by atomic mass is 16.4. The third kappa shape index (κ3) is 0.810. The van der Waals surface area contributed by atoms with Crippen molar-refractivity contribution >= 4 is 12.4 Å². The molecule has 0 bridgehead atoms. The maximum absolute atomic E-state index is 9.63. The molecule has 1 heterocycles. The van der Waals surface area contributed by atoms with Gasteiger partial charge in [0.15, 0.2) is 0 Å². The minimum atomic E-state index is 0.111. The van der Waals surface area contributed by atoms with Crippen molar-refractivity contribution in [2.75, 3.05) is 5.32 Å². The molecule has 1 N–H and O–H groups in total. The topological polar surface area (TPSA) is 68.0 Å². The predicted molar refractivity (Wildman–Crippen MR) is 24.0 cm³/mol. The van der Waals surface area contributed by atoms with Gasteiger partial charge in [-0.3, -0.25) is 10.1 Å². The first-order valence-electron chi connectivity index (χ1n) is 1.90. The van der Waals surface area contributed by atoms with E-state index in [1.54, 1.807) is 0 Å². The van der Waals surface area contributed by atoms with E-state index >= 15 is 0 Å². The van der Waals surface area contributed by atoms with E-state index in [4.69, 9.17) is 0 Å². The molecule has 1 amide bonds. The van der Waals surface area contributed by atoms with Crippen molar-refractivity contribution in [3.05, 3.63) is 6.39 Å². The van der Waals surface area contributed by atoms with Gasteiger partial charge in [-0.25, -0.2) is 0 Å². The molecule has 1 rings (SSSR count). The Morgan fingerprint density at radius 3 is 3.25 bits per heavy atom. The fraction of sp³-hybridized carbons (Fsp3) is 0. The van der Waals surface area contributed by atoms with Gasteiger partial charge in [0, 0.05) is 0 Å². The number of nitrogens with one attached hydrogen (secondary N) is 1. The third-order valence-corrected chi connectivity index (χ3v) is 0.542. The summed E-state index contributed by atoms with van der Waals surface area (Å²) in [6.45, 7) is 0. The lowest BCUT2D eigenvalue weighted by molar-refractivity contribution is -0.105. The maximum Gasteiger partial charge on any atom is 0.321 e. The van der Waals surface area contributed by atoms with E-state index in [1.165, 1.54) is 0 Å². The number of aromatic nitrogens is 2. The first kappa shape index (κ1) is 4.76. The molecular weight excluding hydrogens is 110 g/mol. The van der Waals surface area contributed by atoms with Crippen LogP contribution in [0.3, 0.4) is 0 Å². The smallest absolute Gasteiger partial charge is 0.321 e. The first-order valence-corrected chi connectivity index (χ1v) is 1.90. The number of rotatable bonds is 2. The number of amides is 1. The monoisotopic (exact) mass is 113 g/mol. The molecule has 5 nitrogen and oxygen atoms in total. The van der Waals surface area contributed by atoms with Gasteiger partial charge in [-0.05, 0) is 0 Å². The number of anilines is 1. The van der Waals surface area contributed by atoms with Crippen molar-refractivity contribution in [2.24, 2.45) is 0 Å². The van der Waals surface area contributed by atoms with Crippen LogP contribution >= 0.6 is 0 Å². The molecule has 5 heteroatoms. The van der Waals surface area contributed by atoms with E-state index < -0.39 is 0 Å². The van der Waals surface area contributed by atoms with E-state index in [0.717, 1.165) is 6.39 Å². The van der Waals surface area contributed by atoms with Crippen LogP contribution in [0.15, 0.2) is 10.8 Å². The Hall–Kier alpha value is -1.39. The molecule has 42 valence electrons. The Labute approximate surface area is 44.7 Å². The average molecular weight is 113 g/mol. The zero-order valence-electron chi connectivity index (χ0n) is 3.87. The first-order chi connectivity index (χ1) is 3.93. The highest BCUT2D eigenvalue weighted by Crippen LogP contribution is 1.93. The second kappa shape index (κ2) is 2.06. The molecule has 0 aliphatic rings. The Balaban J connectivity index is 2.62. The van der Waals surface area contributed by atoms with Gasteiger partial charge in [0.1, 0.15) is 0 Å². The molecule has 0 aromatic carbocycles. The minimum absolute atomic E-state index is 0.111. The molecule has 0 atom stereocenters. The second-order valence-electron chi connectivity index (χ2n) is 1.01. The molecule has 8 heavy (non-hydrogen) atoms. The number of carbonyl (C=O) groups is 1. The maximum atomic E-state index is 9.63. The van der Waals surface area contributed by atoms with Gasteiger partial charge in [0.2, 0.25) is 12.8 Å². The number of hydrogen-bond acceptors (Lipinski definition) is 4. The molecule has 1 aromatic heterocycles. The summed E-state index contributed by atoms with van der Waals surface area (Å²) in [4.78, 5) is 9.63. The lowest BCUT2D eigenvalue weighted by Crippen LogP contribution is -1.92. The Bertz CT molecular complexity index is 159. The molecular formula is C3H3N3O2. The van der Waals surface area contributed by atoms with Gasteiger partial charge >= 0.3 is 6.01 Å². The SMILES string of the molecule is O=CNc1nnco1. The van der Waals surface area contributed by atoms with Crippen molar-refractivity contribution in [1.82, 2.24) is 10.2 Å². The molecule has 0 aliphatic carbocycles. The quantitative estimate of drug-likeness (QED) is 0.531. The molecule has 0 saturated carbocycles. The number of nitrogens with zero attached hydrogens (tertiary/aromatic N) is 2. The van der Waals surface area contributed by atoms with Crippen LogP contribution in [0.25, 0.3) is 0 Å². The standard InChI is InChI=1S/C3H3N3O2/c7-1-4-3-6-5-2-8-3/h1-2H,(H,4,6,7). The fourth-order valence-corrected chi connectivity index (χ4v) is 0.286. The lowest BCUT2D eigenvalue weighted by Gasteiger charge is -1.80. The molecule has 0 fully saturated rings. The van der Waals surface area contributed by atoms with E-state index in [1.807, 2.05) is 0 Å². The summed E-state index contributed by atoms with van der Waals surface area (Å²) in [7, 11) is 0. The van der Waals surface area contributed by atoms with Crippen LogP contribution in [0.4, 0.5) is 6.01 Å². The zero-order chi connectivity index (χ0) is 5.82. The van der Waals surface area contributed by atoms with Crippen molar-refractivity contribution in [3.8, 4) is 0 Å². The molecule has 1 aromatic rings. The third-order valence-electron chi connectivity index (χ3n) is 0.542. The van der Waals surface area contributed by atoms with E-state index in [2.05, 4.69) is 19.9 Å². The van der Waals surface area contributed by atoms with Crippen LogP contribution in [0.2, 0.25) is 0 Å². The summed E-state index contributed by atoms with van der Waals surface area (Å²) in [6, 6.07) is 0.111. The molecule has 0 radical (unpaired) electrons. The van der Waals surface area contributed by atoms with E-state index in [-0.39, 0.29) is 6.01 Å². The van der Waals surface area contributed by atoms with Crippen LogP contribution in [-0.4, -0.2) is 16.6 Å². The molecule has 0 spiro atoms. The van der Waals surface area contributed by atoms with Gasteiger partial charge in [-0.15, -0.1) is 5.10 Å². The van der Waals surface area contributed by atoms with Gasteiger partial charge in [-0.1, -0.05) is 5.10 Å². The number of carbonyl (C=O) groups excluding carboxylic acids is 1. The summed E-state index contributed by atoms with van der Waals surface area (Å²) in [5, 5.41) is 8.82. The van der Waals surface area contributed by atoms with Gasteiger partial charge in [0.25, 0.3) is 0 Å². The van der Waals surface area contributed by atoms with Crippen LogP contribution in [0.5, 0.6) is 0 Å². The Morgan fingerprint density at radius 1 is 1.88 bits per heavy atom. The number of hydrogen-bond donors (Lipinski definition) is 1. The highest BCUT2D eigenvalue weighted by Gasteiger charge is 1.90. The van der Waals surface area contributed by atoms with Gasteiger partial charge in [0.05, 0.1) is 0 Å². The van der Waals surface area contributed by atoms with Crippen LogP contribution in [-0.2, 0) is 4.79 Å². The molecule has 0 unspecified atom stereocenters. The predicted octanol–water partition coefficient (Wildman–Crippen LogP) is -0.362. The van der Waals surface area contributed by atoms with Gasteiger partial charge in [-0.2, -0.15) is 0 Å². The summed E-state index contributed by atoms with van der Waals surface area (Å²) < 4.78 is 4.51. The Morgan fingerprint density at radius 2 is 2.75 bits per heavy atom. The molecule has 0 aliphatic heterocycles. The van der Waals surface area contributed by atoms with Crippen molar-refractivity contribution in [1.29, 1.82) is 0 Å².